The minimum atomic E-state index is -2.78. The fraction of sp³-hybridized carbons (Fsp3) is 0.125. The smallest absolute Gasteiger partial charge is 0.253 e. The number of amides is 1. The molecule has 174 valence electrons. The van der Waals surface area contributed by atoms with Gasteiger partial charge in [-0.3, -0.25) is 13.3 Å². The van der Waals surface area contributed by atoms with E-state index in [9.17, 15) is 13.6 Å². The zero-order valence-electron chi connectivity index (χ0n) is 18.1. The number of aromatic nitrogens is 2. The minimum absolute atomic E-state index is 0.102. The SMILES string of the molecule is Cc1ccccc1CNC(=O)c1ccc(Cl)cc1N(c1nsnc1Cc1ccccc1)S(=O)[O-]. The summed E-state index contributed by atoms with van der Waals surface area (Å²) in [6, 6.07) is 21.7. The molecule has 0 bridgehead atoms. The Kier molecular flexibility index (Phi) is 7.69. The standard InChI is InChI=1S/C24H21ClN4O3S2/c1-16-7-5-6-10-18(16)15-26-24(30)20-12-11-19(25)14-22(20)29(34(31)32)23-21(27-33-28-23)13-17-8-3-2-4-9-17/h2-12,14H,13,15H2,1H3,(H,26,30)(H,31,32)/p-1. The number of hydrogen-bond donors (Lipinski definition) is 1. The molecule has 1 amide bonds. The molecule has 0 fully saturated rings. The first kappa shape index (κ1) is 24.0. The number of rotatable bonds is 8. The fourth-order valence-electron chi connectivity index (χ4n) is 3.47. The van der Waals surface area contributed by atoms with Gasteiger partial charge in [0.25, 0.3) is 5.91 Å². The summed E-state index contributed by atoms with van der Waals surface area (Å²) >= 11 is 4.33. The normalized spacial score (nSPS) is 11.7. The van der Waals surface area contributed by atoms with Gasteiger partial charge in [0.2, 0.25) is 0 Å². The lowest BCUT2D eigenvalue weighted by atomic mass is 10.1. The van der Waals surface area contributed by atoms with Crippen molar-refractivity contribution in [1.29, 1.82) is 0 Å². The van der Waals surface area contributed by atoms with Crippen molar-refractivity contribution in [3.05, 3.63) is 106 Å². The highest BCUT2D eigenvalue weighted by atomic mass is 35.5. The van der Waals surface area contributed by atoms with Gasteiger partial charge >= 0.3 is 0 Å². The summed E-state index contributed by atoms with van der Waals surface area (Å²) in [5.74, 6) is -0.296. The van der Waals surface area contributed by atoms with Crippen LogP contribution in [-0.2, 0) is 24.2 Å². The number of benzene rings is 3. The van der Waals surface area contributed by atoms with Crippen LogP contribution < -0.4 is 9.62 Å². The van der Waals surface area contributed by atoms with E-state index in [4.69, 9.17) is 11.6 Å². The second-order valence-electron chi connectivity index (χ2n) is 7.48. The van der Waals surface area contributed by atoms with Gasteiger partial charge in [0.15, 0.2) is 5.82 Å². The minimum Gasteiger partial charge on any atom is -0.755 e. The van der Waals surface area contributed by atoms with Crippen molar-refractivity contribution < 1.29 is 13.6 Å². The molecule has 10 heteroatoms. The number of nitrogens with one attached hydrogen (secondary N) is 1. The molecule has 7 nitrogen and oxygen atoms in total. The zero-order chi connectivity index (χ0) is 24.1. The molecule has 0 saturated heterocycles. The van der Waals surface area contributed by atoms with Crippen molar-refractivity contribution in [3.63, 3.8) is 0 Å². The first-order valence-electron chi connectivity index (χ1n) is 10.3. The molecule has 0 aliphatic heterocycles. The van der Waals surface area contributed by atoms with Crippen molar-refractivity contribution in [3.8, 4) is 0 Å². The van der Waals surface area contributed by atoms with Crippen molar-refractivity contribution >= 4 is 52.0 Å². The van der Waals surface area contributed by atoms with Crippen LogP contribution in [0.3, 0.4) is 0 Å². The maximum atomic E-state index is 13.1. The number of aryl methyl sites for hydroxylation is 1. The molecule has 0 aliphatic rings. The maximum Gasteiger partial charge on any atom is 0.253 e. The molecule has 4 rings (SSSR count). The Morgan fingerprint density at radius 2 is 1.82 bits per heavy atom. The van der Waals surface area contributed by atoms with Gasteiger partial charge < -0.3 is 9.87 Å². The Bertz CT molecular complexity index is 1330. The first-order chi connectivity index (χ1) is 16.4. The largest absolute Gasteiger partial charge is 0.755 e. The van der Waals surface area contributed by atoms with Crippen LogP contribution in [0, 0.1) is 6.92 Å². The molecule has 0 radical (unpaired) electrons. The summed E-state index contributed by atoms with van der Waals surface area (Å²) in [7, 11) is 0. The van der Waals surface area contributed by atoms with E-state index < -0.39 is 17.2 Å². The van der Waals surface area contributed by atoms with E-state index in [2.05, 4.69) is 14.1 Å². The second kappa shape index (κ2) is 10.9. The molecule has 1 heterocycles. The van der Waals surface area contributed by atoms with Gasteiger partial charge in [-0.2, -0.15) is 8.75 Å². The summed E-state index contributed by atoms with van der Waals surface area (Å²) in [6.45, 7) is 2.26. The molecule has 1 N–H and O–H groups in total. The third-order valence-corrected chi connectivity index (χ3v) is 6.68. The summed E-state index contributed by atoms with van der Waals surface area (Å²) in [6.07, 6.45) is 0.385. The lowest BCUT2D eigenvalue weighted by Gasteiger charge is -2.27. The molecule has 1 atom stereocenters. The van der Waals surface area contributed by atoms with E-state index in [1.165, 1.54) is 12.1 Å². The number of carbonyl (C=O) groups is 1. The van der Waals surface area contributed by atoms with Gasteiger partial charge in [-0.25, -0.2) is 0 Å². The molecule has 1 aromatic heterocycles. The third-order valence-electron chi connectivity index (χ3n) is 5.22. The van der Waals surface area contributed by atoms with Crippen LogP contribution in [-0.4, -0.2) is 23.4 Å². The van der Waals surface area contributed by atoms with Gasteiger partial charge in [-0.15, -0.1) is 0 Å². The average Bonchev–Trinajstić information content (AvgIpc) is 3.26. The third kappa shape index (κ3) is 5.51. The van der Waals surface area contributed by atoms with Crippen LogP contribution in [0.25, 0.3) is 0 Å². The van der Waals surface area contributed by atoms with Crippen LogP contribution in [0.1, 0.15) is 32.7 Å². The Balaban J connectivity index is 1.68. The lowest BCUT2D eigenvalue weighted by Crippen LogP contribution is -2.28. The number of anilines is 2. The van der Waals surface area contributed by atoms with Gasteiger partial charge in [-0.05, 0) is 41.8 Å². The summed E-state index contributed by atoms with van der Waals surface area (Å²) in [5.41, 5.74) is 3.69. The van der Waals surface area contributed by atoms with Gasteiger partial charge in [0.1, 0.15) is 5.69 Å². The van der Waals surface area contributed by atoms with E-state index in [-0.39, 0.29) is 22.1 Å². The van der Waals surface area contributed by atoms with Gasteiger partial charge in [-0.1, -0.05) is 66.2 Å². The predicted octanol–water partition coefficient (Wildman–Crippen LogP) is 4.95. The molecule has 34 heavy (non-hydrogen) atoms. The van der Waals surface area contributed by atoms with E-state index in [0.29, 0.717) is 18.7 Å². The fourth-order valence-corrected chi connectivity index (χ4v) is 4.83. The molecule has 0 spiro atoms. The monoisotopic (exact) mass is 511 g/mol. The number of nitrogens with zero attached hydrogens (tertiary/aromatic N) is 3. The molecule has 3 aromatic carbocycles. The summed E-state index contributed by atoms with van der Waals surface area (Å²) in [4.78, 5) is 13.1. The number of carbonyl (C=O) groups excluding carboxylic acids is 1. The van der Waals surface area contributed by atoms with Crippen molar-refractivity contribution in [2.24, 2.45) is 0 Å². The van der Waals surface area contributed by atoms with E-state index in [0.717, 1.165) is 32.7 Å². The van der Waals surface area contributed by atoms with E-state index >= 15 is 0 Å². The van der Waals surface area contributed by atoms with Crippen LogP contribution in [0.5, 0.6) is 0 Å². The Morgan fingerprint density at radius 1 is 1.09 bits per heavy atom. The Labute approximate surface area is 209 Å². The van der Waals surface area contributed by atoms with Gasteiger partial charge in [0, 0.05) is 18.0 Å². The highest BCUT2D eigenvalue weighted by molar-refractivity contribution is 7.81. The quantitative estimate of drug-likeness (QED) is 0.337. The van der Waals surface area contributed by atoms with Crippen LogP contribution in [0.2, 0.25) is 5.02 Å². The van der Waals surface area contributed by atoms with E-state index in [1.54, 1.807) is 6.07 Å². The van der Waals surface area contributed by atoms with Crippen LogP contribution in [0.4, 0.5) is 11.5 Å². The maximum absolute atomic E-state index is 13.1. The number of hydrogen-bond acceptors (Lipinski definition) is 6. The van der Waals surface area contributed by atoms with Crippen molar-refractivity contribution in [1.82, 2.24) is 14.1 Å². The first-order valence-corrected chi connectivity index (χ1v) is 12.4. The molecular formula is C24H20ClN4O3S2-. The molecule has 4 aromatic rings. The molecule has 0 saturated carbocycles. The topological polar surface area (TPSA) is 98.2 Å². The molecule has 1 unspecified atom stereocenters. The molecule has 0 aliphatic carbocycles. The van der Waals surface area contributed by atoms with Crippen LogP contribution in [0.15, 0.2) is 72.8 Å². The summed E-state index contributed by atoms with van der Waals surface area (Å²) in [5, 5.41) is 3.15. The zero-order valence-corrected chi connectivity index (χ0v) is 20.5. The van der Waals surface area contributed by atoms with E-state index in [1.807, 2.05) is 61.5 Å². The average molecular weight is 512 g/mol. The lowest BCUT2D eigenvalue weighted by molar-refractivity contribution is 0.0951. The predicted molar refractivity (Wildman–Crippen MR) is 134 cm³/mol. The van der Waals surface area contributed by atoms with Crippen LogP contribution >= 0.6 is 23.3 Å². The molecular weight excluding hydrogens is 492 g/mol. The second-order valence-corrected chi connectivity index (χ2v) is 9.24. The highest BCUT2D eigenvalue weighted by Gasteiger charge is 2.24. The summed E-state index contributed by atoms with van der Waals surface area (Å²) < 4.78 is 34.3. The number of halogens is 1. The Morgan fingerprint density at radius 3 is 2.56 bits per heavy atom. The Hall–Kier alpha value is -3.11. The highest BCUT2D eigenvalue weighted by Crippen LogP contribution is 2.34. The van der Waals surface area contributed by atoms with Gasteiger partial charge in [0.05, 0.1) is 34.2 Å². The van der Waals surface area contributed by atoms with Crippen molar-refractivity contribution in [2.45, 2.75) is 19.9 Å². The van der Waals surface area contributed by atoms with Crippen molar-refractivity contribution in [2.75, 3.05) is 4.31 Å².